The van der Waals surface area contributed by atoms with Gasteiger partial charge in [0, 0.05) is 36.4 Å². The number of rotatable bonds is 4. The van der Waals surface area contributed by atoms with E-state index in [0.717, 1.165) is 9.95 Å². The highest BCUT2D eigenvalue weighted by atomic mass is 16.5. The number of benzene rings is 1. The van der Waals surface area contributed by atoms with E-state index in [0.29, 0.717) is 29.3 Å². The first-order chi connectivity index (χ1) is 10.7. The molecule has 0 aliphatic rings. The van der Waals surface area contributed by atoms with Crippen molar-refractivity contribution in [2.24, 2.45) is 0 Å². The summed E-state index contributed by atoms with van der Waals surface area (Å²) in [6, 6.07) is 8.45. The minimum Gasteiger partial charge on any atom is -0.464 e. The molecule has 0 amide bonds. The molecule has 0 aliphatic carbocycles. The van der Waals surface area contributed by atoms with Crippen LogP contribution in [0.5, 0.6) is 11.6 Å². The van der Waals surface area contributed by atoms with Crippen molar-refractivity contribution in [1.29, 1.82) is 0 Å². The standard InChI is InChI=1S/C15H13N3O4/c19-6-4-11-8-14(17-9-16-11)22-12-1-2-13-10(7-12)3-5-18(13)15(20)21/h1-3,5,7-9,19H,4,6H2,(H,20,21). The van der Waals surface area contributed by atoms with Crippen LogP contribution in [0.2, 0.25) is 0 Å². The third-order valence-electron chi connectivity index (χ3n) is 3.16. The first-order valence-corrected chi connectivity index (χ1v) is 6.61. The summed E-state index contributed by atoms with van der Waals surface area (Å²) in [5, 5.41) is 18.7. The lowest BCUT2D eigenvalue weighted by atomic mass is 10.2. The monoisotopic (exact) mass is 299 g/mol. The summed E-state index contributed by atoms with van der Waals surface area (Å²) in [5.74, 6) is 0.916. The van der Waals surface area contributed by atoms with Crippen LogP contribution in [0.4, 0.5) is 4.79 Å². The molecule has 0 fully saturated rings. The molecule has 1 aromatic carbocycles. The first-order valence-electron chi connectivity index (χ1n) is 6.61. The molecule has 22 heavy (non-hydrogen) atoms. The van der Waals surface area contributed by atoms with Gasteiger partial charge >= 0.3 is 6.09 Å². The Morgan fingerprint density at radius 1 is 1.23 bits per heavy atom. The van der Waals surface area contributed by atoms with Gasteiger partial charge in [-0.2, -0.15) is 0 Å². The molecule has 7 nitrogen and oxygen atoms in total. The minimum absolute atomic E-state index is 0.00508. The summed E-state index contributed by atoms with van der Waals surface area (Å²) in [5.41, 5.74) is 1.27. The van der Waals surface area contributed by atoms with Gasteiger partial charge in [-0.25, -0.2) is 14.8 Å². The molecule has 0 aliphatic heterocycles. The Balaban J connectivity index is 1.88. The minimum atomic E-state index is -1.03. The summed E-state index contributed by atoms with van der Waals surface area (Å²) in [7, 11) is 0. The molecule has 0 atom stereocenters. The third kappa shape index (κ3) is 2.75. The average Bonchev–Trinajstić information content (AvgIpc) is 2.91. The van der Waals surface area contributed by atoms with Crippen molar-refractivity contribution in [1.82, 2.24) is 14.5 Å². The lowest BCUT2D eigenvalue weighted by Crippen LogP contribution is -2.05. The molecular formula is C15H13N3O4. The number of hydrogen-bond acceptors (Lipinski definition) is 5. The number of ether oxygens (including phenoxy) is 1. The highest BCUT2D eigenvalue weighted by molar-refractivity contribution is 5.89. The van der Waals surface area contributed by atoms with Gasteiger partial charge in [-0.3, -0.25) is 4.57 Å². The van der Waals surface area contributed by atoms with E-state index in [2.05, 4.69) is 9.97 Å². The van der Waals surface area contributed by atoms with Crippen molar-refractivity contribution in [3.05, 3.63) is 48.5 Å². The van der Waals surface area contributed by atoms with E-state index in [9.17, 15) is 4.79 Å². The van der Waals surface area contributed by atoms with Gasteiger partial charge in [0.1, 0.15) is 12.1 Å². The molecule has 0 saturated carbocycles. The van der Waals surface area contributed by atoms with E-state index in [-0.39, 0.29) is 6.61 Å². The molecule has 2 N–H and O–H groups in total. The fourth-order valence-electron chi connectivity index (χ4n) is 2.16. The van der Waals surface area contributed by atoms with E-state index in [4.69, 9.17) is 14.9 Å². The highest BCUT2D eigenvalue weighted by Crippen LogP contribution is 2.25. The van der Waals surface area contributed by atoms with Crippen LogP contribution in [-0.4, -0.2) is 37.4 Å². The van der Waals surface area contributed by atoms with Crippen molar-refractivity contribution in [2.45, 2.75) is 6.42 Å². The summed E-state index contributed by atoms with van der Waals surface area (Å²) in [4.78, 5) is 19.1. The molecule has 0 radical (unpaired) electrons. The summed E-state index contributed by atoms with van der Waals surface area (Å²) >= 11 is 0. The Labute approximate surface area is 125 Å². The molecule has 0 bridgehead atoms. The number of fused-ring (bicyclic) bond motifs is 1. The number of aliphatic hydroxyl groups excluding tert-OH is 1. The zero-order valence-corrected chi connectivity index (χ0v) is 11.5. The van der Waals surface area contributed by atoms with Gasteiger partial charge in [0.25, 0.3) is 0 Å². The number of nitrogens with zero attached hydrogens (tertiary/aromatic N) is 3. The topological polar surface area (TPSA) is 97.5 Å². The Hall–Kier alpha value is -2.93. The maximum absolute atomic E-state index is 11.0. The van der Waals surface area contributed by atoms with E-state index in [1.165, 1.54) is 12.5 Å². The van der Waals surface area contributed by atoms with E-state index in [1.807, 2.05) is 0 Å². The highest BCUT2D eigenvalue weighted by Gasteiger charge is 2.08. The van der Waals surface area contributed by atoms with Gasteiger partial charge in [-0.15, -0.1) is 0 Å². The van der Waals surface area contributed by atoms with Crippen LogP contribution in [-0.2, 0) is 6.42 Å². The molecule has 0 saturated heterocycles. The number of aliphatic hydroxyl groups is 1. The predicted molar refractivity (Wildman–Crippen MR) is 78.3 cm³/mol. The second-order valence-corrected chi connectivity index (χ2v) is 4.61. The van der Waals surface area contributed by atoms with Gasteiger partial charge in [0.15, 0.2) is 0 Å². The van der Waals surface area contributed by atoms with Crippen molar-refractivity contribution in [3.63, 3.8) is 0 Å². The molecule has 2 heterocycles. The lowest BCUT2D eigenvalue weighted by Gasteiger charge is -2.06. The fraction of sp³-hybridized carbons (Fsp3) is 0.133. The molecule has 3 aromatic rings. The van der Waals surface area contributed by atoms with E-state index < -0.39 is 6.09 Å². The van der Waals surface area contributed by atoms with E-state index in [1.54, 1.807) is 30.3 Å². The Kier molecular flexibility index (Phi) is 3.71. The average molecular weight is 299 g/mol. The van der Waals surface area contributed by atoms with Gasteiger partial charge in [0.2, 0.25) is 5.88 Å². The summed E-state index contributed by atoms with van der Waals surface area (Å²) in [6.07, 6.45) is 2.26. The number of carboxylic acid groups (broad SMARTS) is 1. The van der Waals surface area contributed by atoms with Crippen LogP contribution in [0.25, 0.3) is 10.9 Å². The Morgan fingerprint density at radius 3 is 2.86 bits per heavy atom. The number of carbonyl (C=O) groups is 1. The van der Waals surface area contributed by atoms with Crippen LogP contribution in [0.1, 0.15) is 5.69 Å². The zero-order chi connectivity index (χ0) is 15.5. The molecule has 0 spiro atoms. The molecule has 0 unspecified atom stereocenters. The van der Waals surface area contributed by atoms with E-state index >= 15 is 0 Å². The van der Waals surface area contributed by atoms with Crippen LogP contribution >= 0.6 is 0 Å². The molecular weight excluding hydrogens is 286 g/mol. The smallest absolute Gasteiger partial charge is 0.415 e. The second kappa shape index (κ2) is 5.82. The van der Waals surface area contributed by atoms with Crippen LogP contribution in [0, 0.1) is 0 Å². The van der Waals surface area contributed by atoms with Gasteiger partial charge in [-0.1, -0.05) is 0 Å². The Morgan fingerprint density at radius 2 is 2.09 bits per heavy atom. The predicted octanol–water partition coefficient (Wildman–Crippen LogP) is 2.28. The second-order valence-electron chi connectivity index (χ2n) is 4.61. The van der Waals surface area contributed by atoms with Gasteiger partial charge < -0.3 is 14.9 Å². The Bertz CT molecular complexity index is 829. The van der Waals surface area contributed by atoms with Gasteiger partial charge in [-0.05, 0) is 24.3 Å². The van der Waals surface area contributed by atoms with Crippen molar-refractivity contribution < 1.29 is 19.7 Å². The van der Waals surface area contributed by atoms with Crippen LogP contribution in [0.3, 0.4) is 0 Å². The SMILES string of the molecule is O=C(O)n1ccc2cc(Oc3cc(CCO)ncn3)ccc21. The lowest BCUT2D eigenvalue weighted by molar-refractivity contribution is 0.197. The third-order valence-corrected chi connectivity index (χ3v) is 3.16. The molecule has 3 rings (SSSR count). The van der Waals surface area contributed by atoms with Crippen molar-refractivity contribution in [2.75, 3.05) is 6.61 Å². The quantitative estimate of drug-likeness (QED) is 0.767. The van der Waals surface area contributed by atoms with Crippen LogP contribution in [0.15, 0.2) is 42.9 Å². The molecule has 112 valence electrons. The zero-order valence-electron chi connectivity index (χ0n) is 11.5. The first kappa shape index (κ1) is 14.0. The van der Waals surface area contributed by atoms with Gasteiger partial charge in [0.05, 0.1) is 5.52 Å². The summed E-state index contributed by atoms with van der Waals surface area (Å²) < 4.78 is 6.80. The summed E-state index contributed by atoms with van der Waals surface area (Å²) in [6.45, 7) is 0.00508. The number of aromatic nitrogens is 3. The maximum atomic E-state index is 11.0. The molecule has 2 aromatic heterocycles. The number of hydrogen-bond donors (Lipinski definition) is 2. The van der Waals surface area contributed by atoms with Crippen molar-refractivity contribution in [3.8, 4) is 11.6 Å². The van der Waals surface area contributed by atoms with Crippen molar-refractivity contribution >= 4 is 17.0 Å². The largest absolute Gasteiger partial charge is 0.464 e. The normalized spacial score (nSPS) is 10.8. The fourth-order valence-corrected chi connectivity index (χ4v) is 2.16. The molecule has 7 heteroatoms. The van der Waals surface area contributed by atoms with Crippen LogP contribution < -0.4 is 4.74 Å². The maximum Gasteiger partial charge on any atom is 0.415 e.